The molecule has 3 aromatic carbocycles. The molecule has 190 valence electrons. The molecular formula is C29H30GeN2O4S. The SMILES string of the molecule is CC1(C)S[C@@H]2[C@H](NC(=O)C[CH2][Ge]([c]3ccccc3)([c]3ccccc3)[c]3ccccc3)C(=O)N2[C@H]1C(=O)O. The summed E-state index contributed by atoms with van der Waals surface area (Å²) >= 11 is -1.82. The first-order chi connectivity index (χ1) is 17.8. The number of thioether (sulfide) groups is 1. The standard InChI is InChI=1S/C29H30GeN2O4S/c1-29(2)25(28(35)36)32-26(34)24(27(32)37-29)31-23(33)18-19-30(20-12-6-3-7-13-20,21-14-8-4-9-15-21)22-16-10-5-11-17-22/h3-17,24-25,27H,18-19H2,1-2H3,(H,31,33)(H,35,36)/t24-,25+,27-/m1/s1. The Hall–Kier alpha value is -3.04. The summed E-state index contributed by atoms with van der Waals surface area (Å²) in [7, 11) is 0. The van der Waals surface area contributed by atoms with E-state index in [1.54, 1.807) is 0 Å². The van der Waals surface area contributed by atoms with Gasteiger partial charge in [-0.25, -0.2) is 0 Å². The molecule has 3 aromatic rings. The predicted molar refractivity (Wildman–Crippen MR) is 149 cm³/mol. The van der Waals surface area contributed by atoms with Crippen LogP contribution in [0.1, 0.15) is 20.3 Å². The second kappa shape index (κ2) is 10.0. The number of benzene rings is 3. The number of hydrogen-bond acceptors (Lipinski definition) is 4. The van der Waals surface area contributed by atoms with Crippen LogP contribution in [0.2, 0.25) is 5.25 Å². The molecule has 2 aliphatic rings. The van der Waals surface area contributed by atoms with Gasteiger partial charge in [0.2, 0.25) is 0 Å². The van der Waals surface area contributed by atoms with Crippen LogP contribution in [0.5, 0.6) is 0 Å². The minimum absolute atomic E-state index is 0.173. The van der Waals surface area contributed by atoms with Crippen molar-refractivity contribution in [2.24, 2.45) is 0 Å². The predicted octanol–water partition coefficient (Wildman–Crippen LogP) is 2.18. The van der Waals surface area contributed by atoms with Crippen molar-refractivity contribution < 1.29 is 19.5 Å². The Kier molecular flexibility index (Phi) is 6.94. The van der Waals surface area contributed by atoms with Crippen molar-refractivity contribution in [3.8, 4) is 0 Å². The zero-order chi connectivity index (χ0) is 26.2. The molecule has 2 amide bonds. The van der Waals surface area contributed by atoms with Crippen LogP contribution in [-0.2, 0) is 14.4 Å². The number of carboxylic acid groups (broad SMARTS) is 1. The second-order valence-electron chi connectivity index (χ2n) is 10.1. The number of fused-ring (bicyclic) bond motifs is 1. The van der Waals surface area contributed by atoms with E-state index in [-0.39, 0.29) is 23.6 Å². The Morgan fingerprint density at radius 1 is 0.892 bits per heavy atom. The van der Waals surface area contributed by atoms with Gasteiger partial charge in [-0.05, 0) is 0 Å². The van der Waals surface area contributed by atoms with Crippen molar-refractivity contribution in [3.63, 3.8) is 0 Å². The molecule has 0 spiro atoms. The van der Waals surface area contributed by atoms with Gasteiger partial charge in [0.1, 0.15) is 0 Å². The molecule has 0 aromatic heterocycles. The molecule has 5 rings (SSSR count). The summed E-state index contributed by atoms with van der Waals surface area (Å²) in [6.45, 7) is 3.67. The van der Waals surface area contributed by atoms with Crippen molar-refractivity contribution >= 4 is 56.0 Å². The van der Waals surface area contributed by atoms with Gasteiger partial charge in [-0.15, -0.1) is 0 Å². The summed E-state index contributed by atoms with van der Waals surface area (Å²) in [5.41, 5.74) is 0. The van der Waals surface area contributed by atoms with E-state index in [0.29, 0.717) is 5.25 Å². The van der Waals surface area contributed by atoms with E-state index in [1.807, 2.05) is 32.0 Å². The van der Waals surface area contributed by atoms with Gasteiger partial charge in [0, 0.05) is 0 Å². The van der Waals surface area contributed by atoms with E-state index in [0.717, 1.165) is 0 Å². The summed E-state index contributed by atoms with van der Waals surface area (Å²) in [6, 6.07) is 29.8. The Labute approximate surface area is 223 Å². The van der Waals surface area contributed by atoms with Gasteiger partial charge < -0.3 is 0 Å². The summed E-state index contributed by atoms with van der Waals surface area (Å²) in [5.74, 6) is -1.50. The number of carboxylic acids is 1. The van der Waals surface area contributed by atoms with E-state index < -0.39 is 36.1 Å². The number of hydrogen-bond donors (Lipinski definition) is 2. The third kappa shape index (κ3) is 4.48. The molecule has 6 nitrogen and oxygen atoms in total. The monoisotopic (exact) mass is 576 g/mol. The molecule has 2 heterocycles. The molecule has 2 aliphatic heterocycles. The van der Waals surface area contributed by atoms with Gasteiger partial charge in [-0.1, -0.05) is 0 Å². The molecular weight excluding hydrogens is 545 g/mol. The van der Waals surface area contributed by atoms with Crippen molar-refractivity contribution in [2.45, 2.75) is 47.7 Å². The molecule has 0 unspecified atom stereocenters. The summed E-state index contributed by atoms with van der Waals surface area (Å²) in [6.07, 6.45) is 0.283. The normalized spacial score (nSPS) is 22.2. The van der Waals surface area contributed by atoms with Gasteiger partial charge in [0.05, 0.1) is 0 Å². The Morgan fingerprint density at radius 2 is 1.35 bits per heavy atom. The van der Waals surface area contributed by atoms with Crippen molar-refractivity contribution in [1.29, 1.82) is 0 Å². The van der Waals surface area contributed by atoms with Gasteiger partial charge >= 0.3 is 224 Å². The number of carbonyl (C=O) groups is 3. The first kappa shape index (κ1) is 25.6. The maximum atomic E-state index is 13.3. The number of carbonyl (C=O) groups excluding carboxylic acids is 2. The molecule has 3 atom stereocenters. The van der Waals surface area contributed by atoms with Crippen LogP contribution in [-0.4, -0.2) is 63.3 Å². The molecule has 0 saturated carbocycles. The van der Waals surface area contributed by atoms with E-state index >= 15 is 0 Å². The molecule has 2 fully saturated rings. The maximum absolute atomic E-state index is 13.3. The van der Waals surface area contributed by atoms with Gasteiger partial charge in [-0.2, -0.15) is 0 Å². The van der Waals surface area contributed by atoms with Crippen LogP contribution >= 0.6 is 11.8 Å². The number of nitrogens with one attached hydrogen (secondary N) is 1. The Morgan fingerprint density at radius 3 is 1.78 bits per heavy atom. The van der Waals surface area contributed by atoms with Crippen LogP contribution < -0.4 is 18.5 Å². The fraction of sp³-hybridized carbons (Fsp3) is 0.276. The number of β-lactam (4-membered cyclic amide) rings is 1. The molecule has 2 saturated heterocycles. The minimum atomic E-state index is -3.26. The quantitative estimate of drug-likeness (QED) is 0.318. The molecule has 2 N–H and O–H groups in total. The summed E-state index contributed by atoms with van der Waals surface area (Å²) in [5, 5.41) is 13.0. The van der Waals surface area contributed by atoms with Crippen molar-refractivity contribution in [1.82, 2.24) is 10.2 Å². The van der Waals surface area contributed by atoms with E-state index in [9.17, 15) is 19.5 Å². The first-order valence-electron chi connectivity index (χ1n) is 12.4. The Bertz CT molecular complexity index is 1210. The molecule has 8 heteroatoms. The zero-order valence-electron chi connectivity index (χ0n) is 20.8. The average molecular weight is 575 g/mol. The van der Waals surface area contributed by atoms with Crippen molar-refractivity contribution in [3.05, 3.63) is 91.0 Å². The van der Waals surface area contributed by atoms with Crippen molar-refractivity contribution in [2.75, 3.05) is 0 Å². The first-order valence-corrected chi connectivity index (χ1v) is 18.0. The number of rotatable bonds is 8. The van der Waals surface area contributed by atoms with E-state index in [2.05, 4.69) is 78.1 Å². The van der Waals surface area contributed by atoms with Crippen LogP contribution in [0.15, 0.2) is 91.0 Å². The number of amides is 2. The molecule has 0 aliphatic carbocycles. The molecule has 0 bridgehead atoms. The average Bonchev–Trinajstić information content (AvgIpc) is 3.17. The van der Waals surface area contributed by atoms with Crippen LogP contribution in [0.4, 0.5) is 0 Å². The zero-order valence-corrected chi connectivity index (χ0v) is 23.7. The molecule has 37 heavy (non-hydrogen) atoms. The van der Waals surface area contributed by atoms with Gasteiger partial charge in [-0.3, -0.25) is 0 Å². The van der Waals surface area contributed by atoms with Gasteiger partial charge in [0.15, 0.2) is 0 Å². The Balaban J connectivity index is 1.41. The fourth-order valence-corrected chi connectivity index (χ4v) is 17.4. The third-order valence-corrected chi connectivity index (χ3v) is 19.5. The van der Waals surface area contributed by atoms with Gasteiger partial charge in [0.25, 0.3) is 0 Å². The second-order valence-corrected chi connectivity index (χ2v) is 20.4. The van der Waals surface area contributed by atoms with Crippen LogP contribution in [0.3, 0.4) is 0 Å². The van der Waals surface area contributed by atoms with Crippen LogP contribution in [0.25, 0.3) is 0 Å². The topological polar surface area (TPSA) is 86.7 Å². The number of aliphatic carboxylic acids is 1. The third-order valence-electron chi connectivity index (χ3n) is 7.52. The summed E-state index contributed by atoms with van der Waals surface area (Å²) < 4.78 is 3.20. The van der Waals surface area contributed by atoms with E-state index in [4.69, 9.17) is 0 Å². The van der Waals surface area contributed by atoms with Crippen LogP contribution in [0, 0.1) is 0 Å². The molecule has 0 radical (unpaired) electrons. The van der Waals surface area contributed by atoms with E-state index in [1.165, 1.54) is 29.8 Å². The summed E-state index contributed by atoms with van der Waals surface area (Å²) in [4.78, 5) is 39.4. The fourth-order valence-electron chi connectivity index (χ4n) is 5.79. The number of nitrogens with zero attached hydrogens (tertiary/aromatic N) is 1.